The van der Waals surface area contributed by atoms with Gasteiger partial charge in [0.25, 0.3) is 0 Å². The van der Waals surface area contributed by atoms with Gasteiger partial charge in [-0.15, -0.1) is 0 Å². The largest absolute Gasteiger partial charge is 0.481 e. The first-order valence-corrected chi connectivity index (χ1v) is 39.8. The molecule has 6 fully saturated rings. The molecule has 10 heterocycles. The highest BCUT2D eigenvalue weighted by Gasteiger charge is 2.48. The molecular weight excluding hydrogens is 1410 g/mol. The van der Waals surface area contributed by atoms with Crippen molar-refractivity contribution in [1.82, 2.24) is 14.9 Å². The Bertz CT molecular complexity index is 3270. The zero-order chi connectivity index (χ0) is 65.2. The minimum Gasteiger partial charge on any atom is -0.481 e. The van der Waals surface area contributed by atoms with Crippen molar-refractivity contribution in [3.05, 3.63) is 136 Å². The van der Waals surface area contributed by atoms with Gasteiger partial charge < -0.3 is 59.0 Å². The van der Waals surface area contributed by atoms with Crippen LogP contribution in [0.15, 0.2) is 97.1 Å². The van der Waals surface area contributed by atoms with Crippen LogP contribution in [0.2, 0.25) is 0 Å². The summed E-state index contributed by atoms with van der Waals surface area (Å²) in [6, 6.07) is 33.2. The number of esters is 1. The second-order valence-electron chi connectivity index (χ2n) is 26.7. The molecule has 3 aromatic carbocycles. The molecule has 0 spiro atoms. The van der Waals surface area contributed by atoms with Crippen molar-refractivity contribution in [3.63, 3.8) is 0 Å². The number of likely N-dealkylation sites (N-methyl/N-ethyl adjacent to an activating group) is 1. The Labute approximate surface area is 570 Å². The van der Waals surface area contributed by atoms with Gasteiger partial charge in [-0.25, -0.2) is 18.7 Å². The lowest BCUT2D eigenvalue weighted by Gasteiger charge is -2.35. The topological polar surface area (TPSA) is 191 Å². The first kappa shape index (κ1) is 70.3. The number of carbonyl (C=O) groups excluding carboxylic acids is 1. The summed E-state index contributed by atoms with van der Waals surface area (Å²) in [6.07, 6.45) is 8.02. The van der Waals surface area contributed by atoms with E-state index in [1.165, 1.54) is 22.4 Å². The number of aromatic nitrogens is 2. The van der Waals surface area contributed by atoms with Gasteiger partial charge in [0.2, 0.25) is 0 Å². The molecule has 18 nitrogen and oxygen atoms in total. The number of rotatable bonds is 20. The van der Waals surface area contributed by atoms with Gasteiger partial charge in [-0.3, -0.25) is 19.3 Å². The summed E-state index contributed by atoms with van der Waals surface area (Å²) in [5, 5.41) is 26.0. The van der Waals surface area contributed by atoms with Gasteiger partial charge >= 0.3 is 17.9 Å². The number of aryl methyl sites for hydroxylation is 4. The highest BCUT2D eigenvalue weighted by molar-refractivity contribution is 15.0. The number of hydrogen-bond donors (Lipinski definition) is 4. The molecule has 0 amide bonds. The lowest BCUT2D eigenvalue weighted by atomic mass is 9.93. The second-order valence-corrected chi connectivity index (χ2v) is 26.7. The van der Waals surface area contributed by atoms with Crippen LogP contribution in [0.1, 0.15) is 115 Å². The van der Waals surface area contributed by atoms with E-state index in [0.29, 0.717) is 115 Å². The molecule has 6 atom stereocenters. The summed E-state index contributed by atoms with van der Waals surface area (Å²) in [7, 11) is 2.09. The Kier molecular flexibility index (Phi) is 25.6. The summed E-state index contributed by atoms with van der Waals surface area (Å²) >= 11 is 4.24. The minimum atomic E-state index is -1.27. The van der Waals surface area contributed by atoms with Crippen molar-refractivity contribution in [2.24, 2.45) is 0 Å². The van der Waals surface area contributed by atoms with Gasteiger partial charge in [-0.2, -0.15) is 0 Å². The van der Waals surface area contributed by atoms with E-state index in [0.717, 1.165) is 143 Å². The lowest BCUT2D eigenvalue weighted by molar-refractivity contribution is -0.901. The maximum atomic E-state index is 16.1. The van der Waals surface area contributed by atoms with Gasteiger partial charge in [0.15, 0.2) is 5.67 Å². The van der Waals surface area contributed by atoms with Gasteiger partial charge in [-0.05, 0) is 134 Å². The molecule has 504 valence electrons. The number of benzene rings is 3. The average molecular weight is 1510 g/mol. The Morgan fingerprint density at radius 1 is 0.656 bits per heavy atom. The molecular formula is C71H94F2I2N9O9+. The molecule has 8 aliphatic rings. The van der Waals surface area contributed by atoms with E-state index in [1.54, 1.807) is 0 Å². The third-order valence-corrected chi connectivity index (χ3v) is 19.7. The summed E-state index contributed by atoms with van der Waals surface area (Å²) in [6.45, 7) is 15.3. The van der Waals surface area contributed by atoms with Crippen LogP contribution < -0.4 is 25.3 Å². The quantitative estimate of drug-likeness (QED) is 0.0327. The molecule has 5 aromatic rings. The number of alkyl halides is 2. The Morgan fingerprint density at radius 2 is 1.15 bits per heavy atom. The van der Waals surface area contributed by atoms with Crippen LogP contribution in [0.4, 0.5) is 37.5 Å². The third kappa shape index (κ3) is 20.3. The summed E-state index contributed by atoms with van der Waals surface area (Å²) in [5.74, 6) is 0.0597. The number of carbonyl (C=O) groups is 3. The van der Waals surface area contributed by atoms with Gasteiger partial charge in [0, 0.05) is 162 Å². The van der Waals surface area contributed by atoms with Crippen LogP contribution in [0.5, 0.6) is 0 Å². The van der Waals surface area contributed by atoms with Crippen molar-refractivity contribution < 1.29 is 56.8 Å². The zero-order valence-corrected chi connectivity index (χ0v) is 58.2. The van der Waals surface area contributed by atoms with Crippen molar-refractivity contribution >= 4 is 83.8 Å². The van der Waals surface area contributed by atoms with E-state index in [9.17, 15) is 24.6 Å². The van der Waals surface area contributed by atoms with E-state index >= 15 is 8.78 Å². The smallest absolute Gasteiger partial charge is 0.306 e. The number of likely N-dealkylation sites (tertiary alicyclic amines) is 2. The average Bonchev–Trinajstić information content (AvgIpc) is 1.86. The van der Waals surface area contributed by atoms with Crippen LogP contribution in [0.25, 0.3) is 0 Å². The molecule has 8 aliphatic heterocycles. The number of halogens is 4. The Hall–Kier alpha value is -5.51. The molecule has 0 radical (unpaired) electrons. The van der Waals surface area contributed by atoms with Crippen molar-refractivity contribution in [2.75, 3.05) is 170 Å². The SMILES string of the molecule is C[N+]1(CC(CC(=O)O)c2cccc(N3CCOCC3)c2)CC[C@@](F)(CCc2ccc3c(n2)NCCC3)C1.II.O=C(O)CC(CN1CC[C@@](F)(CCc2ccc3c(n2)NCCC3)C1)c1cccc(N2CCOCC2)c1.O=C1C[C@@H](c2cccc(N3CCOCC3)c2)CO1. The molecule has 93 heavy (non-hydrogen) atoms. The Balaban J connectivity index is 0.000000159. The van der Waals surface area contributed by atoms with Crippen molar-refractivity contribution in [3.8, 4) is 0 Å². The summed E-state index contributed by atoms with van der Waals surface area (Å²) < 4.78 is 53.7. The van der Waals surface area contributed by atoms with Crippen LogP contribution in [0, 0.1) is 0 Å². The number of quaternary nitrogens is 1. The number of ether oxygens (including phenoxy) is 4. The van der Waals surface area contributed by atoms with Crippen LogP contribution in [0.3, 0.4) is 0 Å². The summed E-state index contributed by atoms with van der Waals surface area (Å²) in [5.41, 5.74) is 8.48. The molecule has 3 unspecified atom stereocenters. The summed E-state index contributed by atoms with van der Waals surface area (Å²) in [4.78, 5) is 53.1. The standard InChI is InChI=1S/C29H39FN4O3.C28H37FN4O3.C14H17NO3.I2/c1-34(15-11-29(30,21-34)10-9-25-8-7-22-5-3-12-31-28(22)32-25)20-24(19-27(35)36)23-4-2-6-26(18-23)33-13-16-37-17-14-33;29-28(9-8-24-7-6-21-4-2-11-30-27(21)31-24)10-12-32(20-28)19-23(18-26(34)35)22-3-1-5-25(17-22)33-13-15-36-16-14-33;16-14-9-12(10-18-14)11-2-1-3-13(8-11)15-4-6-17-7-5-15;1-2/h2,4,6-8,18,24H,3,5,9-17,19-21H2,1H3,(H-,31,32,35,36);1,3,5-7,17,23H,2,4,8-16,18-20H2,(H,30,31)(H,34,35);1-3,8,12H,4-7,9-10H2;/p+1/t24?,29-,34?;23?,28-;12-;/m001./s1. The van der Waals surface area contributed by atoms with E-state index in [1.807, 2.05) is 36.4 Å². The fourth-order valence-electron chi connectivity index (χ4n) is 14.6. The number of pyridine rings is 2. The van der Waals surface area contributed by atoms with Gasteiger partial charge in [-0.1, -0.05) is 48.5 Å². The van der Waals surface area contributed by atoms with Crippen LogP contribution >= 0.6 is 37.2 Å². The van der Waals surface area contributed by atoms with Crippen LogP contribution in [-0.4, -0.2) is 204 Å². The molecule has 0 saturated carbocycles. The zero-order valence-electron chi connectivity index (χ0n) is 53.9. The van der Waals surface area contributed by atoms with E-state index in [-0.39, 0.29) is 36.6 Å². The first-order valence-electron chi connectivity index (χ1n) is 33.5. The van der Waals surface area contributed by atoms with Gasteiger partial charge in [0.05, 0.1) is 85.6 Å². The number of cyclic esters (lactones) is 1. The molecule has 22 heteroatoms. The number of nitrogens with zero attached hydrogens (tertiary/aromatic N) is 7. The highest BCUT2D eigenvalue weighted by atomic mass is 128. The number of carboxylic acid groups (broad SMARTS) is 2. The number of hydrogen-bond acceptors (Lipinski definition) is 15. The van der Waals surface area contributed by atoms with Crippen LogP contribution in [-0.2, 0) is 59.0 Å². The number of aliphatic carboxylic acids is 2. The monoisotopic (exact) mass is 1510 g/mol. The highest BCUT2D eigenvalue weighted by Crippen LogP contribution is 2.39. The molecule has 6 saturated heterocycles. The number of morpholine rings is 3. The second kappa shape index (κ2) is 33.9. The normalized spacial score (nSPS) is 24.2. The molecule has 0 aliphatic carbocycles. The molecule has 2 aromatic heterocycles. The minimum absolute atomic E-state index is 0.0361. The molecule has 13 rings (SSSR count). The fourth-order valence-corrected chi connectivity index (χ4v) is 14.6. The lowest BCUT2D eigenvalue weighted by Crippen LogP contribution is -2.47. The van der Waals surface area contributed by atoms with E-state index in [2.05, 4.69) is 135 Å². The first-order chi connectivity index (χ1) is 45.1. The number of nitrogens with one attached hydrogen (secondary N) is 2. The third-order valence-electron chi connectivity index (χ3n) is 19.7. The number of fused-ring (bicyclic) bond motifs is 2. The predicted molar refractivity (Wildman–Crippen MR) is 378 cm³/mol. The fraction of sp³-hybridized carbons (Fsp3) is 0.563. The van der Waals surface area contributed by atoms with E-state index in [4.69, 9.17) is 28.9 Å². The molecule has 4 N–H and O–H groups in total. The van der Waals surface area contributed by atoms with E-state index < -0.39 is 23.3 Å². The van der Waals surface area contributed by atoms with Crippen molar-refractivity contribution in [2.45, 2.75) is 113 Å². The number of anilines is 5. The number of carboxylic acids is 2. The van der Waals surface area contributed by atoms with Gasteiger partial charge in [0.1, 0.15) is 23.8 Å². The maximum Gasteiger partial charge on any atom is 0.306 e. The molecule has 0 bridgehead atoms. The Morgan fingerprint density at radius 3 is 1.67 bits per heavy atom. The predicted octanol–water partition coefficient (Wildman–Crippen LogP) is 11.2. The maximum absolute atomic E-state index is 16.1. The van der Waals surface area contributed by atoms with Crippen molar-refractivity contribution in [1.29, 1.82) is 0 Å².